The number of hydrogen-bond donors (Lipinski definition) is 2. The number of rotatable bonds is 6. The fraction of sp³-hybridized carbons (Fsp3) is 0.190. The fourth-order valence-electron chi connectivity index (χ4n) is 3.00. The summed E-state index contributed by atoms with van der Waals surface area (Å²) in [5.74, 6) is 0.333. The molecule has 6 nitrogen and oxygen atoms in total. The van der Waals surface area contributed by atoms with Gasteiger partial charge in [0.25, 0.3) is 15.9 Å². The van der Waals surface area contributed by atoms with Gasteiger partial charge in [-0.3, -0.25) is 9.52 Å². The first kappa shape index (κ1) is 19.7. The summed E-state index contributed by atoms with van der Waals surface area (Å²) in [4.78, 5) is 12.3. The molecule has 2 N–H and O–H groups in total. The summed E-state index contributed by atoms with van der Waals surface area (Å²) in [5, 5.41) is 2.72. The first-order chi connectivity index (χ1) is 13.3. The van der Waals surface area contributed by atoms with Crippen molar-refractivity contribution in [2.75, 3.05) is 4.72 Å². The predicted molar refractivity (Wildman–Crippen MR) is 108 cm³/mol. The molecule has 0 atom stereocenters. The van der Waals surface area contributed by atoms with Crippen LogP contribution < -0.4 is 10.0 Å². The molecular formula is C21H22N2O4S. The van der Waals surface area contributed by atoms with Crippen LogP contribution in [0.2, 0.25) is 0 Å². The molecule has 2 aromatic carbocycles. The molecular weight excluding hydrogens is 376 g/mol. The van der Waals surface area contributed by atoms with Crippen LogP contribution >= 0.6 is 0 Å². The maximum absolute atomic E-state index is 12.7. The largest absolute Gasteiger partial charge is 0.467 e. The summed E-state index contributed by atoms with van der Waals surface area (Å²) < 4.78 is 33.3. The lowest BCUT2D eigenvalue weighted by Crippen LogP contribution is -2.22. The Hall–Kier alpha value is -3.06. The molecule has 146 valence electrons. The number of furan rings is 1. The van der Waals surface area contributed by atoms with Crippen LogP contribution in [0.15, 0.2) is 64.1 Å². The molecule has 3 aromatic rings. The molecule has 0 radical (unpaired) electrons. The molecule has 0 saturated carbocycles. The number of hydrogen-bond acceptors (Lipinski definition) is 4. The van der Waals surface area contributed by atoms with E-state index in [-0.39, 0.29) is 17.3 Å². The lowest BCUT2D eigenvalue weighted by molar-refractivity contribution is 0.0948. The molecule has 7 heteroatoms. The number of sulfonamides is 1. The van der Waals surface area contributed by atoms with Gasteiger partial charge in [0.2, 0.25) is 0 Å². The first-order valence-corrected chi connectivity index (χ1v) is 10.3. The van der Waals surface area contributed by atoms with E-state index in [0.29, 0.717) is 17.0 Å². The van der Waals surface area contributed by atoms with E-state index >= 15 is 0 Å². The van der Waals surface area contributed by atoms with Crippen LogP contribution in [0, 0.1) is 20.8 Å². The maximum atomic E-state index is 12.7. The number of anilines is 1. The van der Waals surface area contributed by atoms with Crippen LogP contribution in [0.3, 0.4) is 0 Å². The number of carbonyl (C=O) groups is 1. The molecule has 0 unspecified atom stereocenters. The first-order valence-electron chi connectivity index (χ1n) is 8.77. The lowest BCUT2D eigenvalue weighted by atomic mass is 10.1. The van der Waals surface area contributed by atoms with Crippen LogP contribution in [0.25, 0.3) is 0 Å². The number of amides is 1. The topological polar surface area (TPSA) is 88.4 Å². The van der Waals surface area contributed by atoms with Gasteiger partial charge in [-0.2, -0.15) is 0 Å². The van der Waals surface area contributed by atoms with E-state index in [1.54, 1.807) is 12.1 Å². The molecule has 0 aliphatic heterocycles. The second kappa shape index (κ2) is 7.90. The molecule has 1 amide bonds. The van der Waals surface area contributed by atoms with Gasteiger partial charge in [-0.15, -0.1) is 0 Å². The Kier molecular flexibility index (Phi) is 5.56. The zero-order valence-electron chi connectivity index (χ0n) is 15.9. The summed E-state index contributed by atoms with van der Waals surface area (Å²) in [6, 6.07) is 13.2. The monoisotopic (exact) mass is 398 g/mol. The summed E-state index contributed by atoms with van der Waals surface area (Å²) in [6.45, 7) is 5.96. The Morgan fingerprint density at radius 3 is 2.21 bits per heavy atom. The Labute approximate surface area is 164 Å². The Balaban J connectivity index is 1.74. The highest BCUT2D eigenvalue weighted by atomic mass is 32.2. The van der Waals surface area contributed by atoms with E-state index in [2.05, 4.69) is 10.0 Å². The van der Waals surface area contributed by atoms with Crippen molar-refractivity contribution in [2.45, 2.75) is 32.2 Å². The zero-order chi connectivity index (χ0) is 20.3. The summed E-state index contributed by atoms with van der Waals surface area (Å²) >= 11 is 0. The Morgan fingerprint density at radius 1 is 1.00 bits per heavy atom. The standard InChI is InChI=1S/C21H22N2O4S/c1-14-11-15(2)20(16(3)12-14)23-28(25,26)19-8-6-17(7-9-19)21(24)22-13-18-5-4-10-27-18/h4-12,23H,13H2,1-3H3,(H,22,24). The molecule has 3 rings (SSSR count). The van der Waals surface area contributed by atoms with E-state index < -0.39 is 10.0 Å². The minimum Gasteiger partial charge on any atom is -0.467 e. The smallest absolute Gasteiger partial charge is 0.261 e. The molecule has 0 saturated heterocycles. The SMILES string of the molecule is Cc1cc(C)c(NS(=O)(=O)c2ccc(C(=O)NCc3ccco3)cc2)c(C)c1. The second-order valence-corrected chi connectivity index (χ2v) is 8.35. The number of benzene rings is 2. The highest BCUT2D eigenvalue weighted by Crippen LogP contribution is 2.25. The van der Waals surface area contributed by atoms with E-state index in [1.807, 2.05) is 32.9 Å². The molecule has 1 aromatic heterocycles. The molecule has 0 aliphatic rings. The Bertz CT molecular complexity index is 1060. The van der Waals surface area contributed by atoms with Gasteiger partial charge in [-0.1, -0.05) is 17.7 Å². The summed E-state index contributed by atoms with van der Waals surface area (Å²) in [6.07, 6.45) is 1.53. The second-order valence-electron chi connectivity index (χ2n) is 6.67. The van der Waals surface area contributed by atoms with Crippen molar-refractivity contribution in [3.63, 3.8) is 0 Å². The fourth-order valence-corrected chi connectivity index (χ4v) is 4.21. The van der Waals surface area contributed by atoms with Crippen molar-refractivity contribution >= 4 is 21.6 Å². The third-order valence-electron chi connectivity index (χ3n) is 4.34. The van der Waals surface area contributed by atoms with Crippen LogP contribution in [-0.2, 0) is 16.6 Å². The average Bonchev–Trinajstić information content (AvgIpc) is 3.16. The third-order valence-corrected chi connectivity index (χ3v) is 5.71. The van der Waals surface area contributed by atoms with Crippen molar-refractivity contribution in [3.05, 3.63) is 82.8 Å². The van der Waals surface area contributed by atoms with E-state index in [1.165, 1.54) is 30.5 Å². The van der Waals surface area contributed by atoms with E-state index in [4.69, 9.17) is 4.42 Å². The predicted octanol–water partition coefficient (Wildman–Crippen LogP) is 3.94. The minimum atomic E-state index is -3.76. The van der Waals surface area contributed by atoms with Gasteiger partial charge in [-0.25, -0.2) is 8.42 Å². The van der Waals surface area contributed by atoms with Gasteiger partial charge in [0.05, 0.1) is 23.4 Å². The third kappa shape index (κ3) is 4.43. The minimum absolute atomic E-state index is 0.0921. The van der Waals surface area contributed by atoms with Gasteiger partial charge in [0.15, 0.2) is 0 Å². The lowest BCUT2D eigenvalue weighted by Gasteiger charge is -2.14. The summed E-state index contributed by atoms with van der Waals surface area (Å²) in [5.41, 5.74) is 3.73. The van der Waals surface area contributed by atoms with Crippen LogP contribution in [-0.4, -0.2) is 14.3 Å². The number of nitrogens with one attached hydrogen (secondary N) is 2. The van der Waals surface area contributed by atoms with Crippen molar-refractivity contribution < 1.29 is 17.6 Å². The number of carbonyl (C=O) groups excluding carboxylic acids is 1. The van der Waals surface area contributed by atoms with Crippen LogP contribution in [0.5, 0.6) is 0 Å². The molecule has 0 aliphatic carbocycles. The number of aryl methyl sites for hydroxylation is 3. The highest BCUT2D eigenvalue weighted by Gasteiger charge is 2.17. The van der Waals surface area contributed by atoms with Crippen molar-refractivity contribution in [3.8, 4) is 0 Å². The highest BCUT2D eigenvalue weighted by molar-refractivity contribution is 7.92. The molecule has 1 heterocycles. The van der Waals surface area contributed by atoms with Gasteiger partial charge in [-0.05, 0) is 68.3 Å². The molecule has 0 fully saturated rings. The van der Waals surface area contributed by atoms with Crippen LogP contribution in [0.4, 0.5) is 5.69 Å². The van der Waals surface area contributed by atoms with Gasteiger partial charge in [0.1, 0.15) is 5.76 Å². The molecule has 0 spiro atoms. The zero-order valence-corrected chi connectivity index (χ0v) is 16.8. The summed E-state index contributed by atoms with van der Waals surface area (Å²) in [7, 11) is -3.76. The maximum Gasteiger partial charge on any atom is 0.261 e. The quantitative estimate of drug-likeness (QED) is 0.658. The van der Waals surface area contributed by atoms with Crippen molar-refractivity contribution in [2.24, 2.45) is 0 Å². The molecule has 28 heavy (non-hydrogen) atoms. The van der Waals surface area contributed by atoms with Gasteiger partial charge >= 0.3 is 0 Å². The normalized spacial score (nSPS) is 11.2. The van der Waals surface area contributed by atoms with Gasteiger partial charge < -0.3 is 9.73 Å². The Morgan fingerprint density at radius 2 is 1.64 bits per heavy atom. The van der Waals surface area contributed by atoms with E-state index in [0.717, 1.165) is 16.7 Å². The molecule has 0 bridgehead atoms. The van der Waals surface area contributed by atoms with Crippen molar-refractivity contribution in [1.29, 1.82) is 0 Å². The van der Waals surface area contributed by atoms with Crippen LogP contribution in [0.1, 0.15) is 32.8 Å². The average molecular weight is 398 g/mol. The van der Waals surface area contributed by atoms with Crippen molar-refractivity contribution in [1.82, 2.24) is 5.32 Å². The van der Waals surface area contributed by atoms with Gasteiger partial charge in [0, 0.05) is 5.56 Å². The van der Waals surface area contributed by atoms with E-state index in [9.17, 15) is 13.2 Å².